The number of nitrogens with zero attached hydrogens (tertiary/aromatic N) is 1. The molecule has 4 heteroatoms. The van der Waals surface area contributed by atoms with Gasteiger partial charge in [0.25, 0.3) is 5.91 Å². The van der Waals surface area contributed by atoms with Gasteiger partial charge in [-0.3, -0.25) is 4.79 Å². The fourth-order valence-electron chi connectivity index (χ4n) is 1.55. The van der Waals surface area contributed by atoms with Crippen molar-refractivity contribution in [3.8, 4) is 0 Å². The van der Waals surface area contributed by atoms with Crippen molar-refractivity contribution in [2.24, 2.45) is 0 Å². The third-order valence-electron chi connectivity index (χ3n) is 2.37. The number of amides is 3. The molecule has 0 aromatic carbocycles. The Morgan fingerprint density at radius 2 is 2.13 bits per heavy atom. The summed E-state index contributed by atoms with van der Waals surface area (Å²) in [6.45, 7) is 2.10. The number of nitrogens with one attached hydrogen (secondary N) is 1. The molecule has 3 amide bonds. The van der Waals surface area contributed by atoms with E-state index in [1.54, 1.807) is 12.2 Å². The van der Waals surface area contributed by atoms with Gasteiger partial charge < -0.3 is 5.32 Å². The molecule has 1 aliphatic heterocycles. The number of hydrogen-bond donors (Lipinski definition) is 1. The first-order chi connectivity index (χ1) is 7.18. The summed E-state index contributed by atoms with van der Waals surface area (Å²) in [6.07, 6.45) is 8.32. The van der Waals surface area contributed by atoms with Crippen LogP contribution in [0.2, 0.25) is 0 Å². The Kier molecular flexibility index (Phi) is 2.41. The lowest BCUT2D eigenvalue weighted by molar-refractivity contribution is -0.123. The predicted molar refractivity (Wildman–Crippen MR) is 55.8 cm³/mol. The first kappa shape index (κ1) is 9.71. The van der Waals surface area contributed by atoms with Gasteiger partial charge in [-0.1, -0.05) is 17.7 Å². The van der Waals surface area contributed by atoms with Gasteiger partial charge in [0.2, 0.25) is 0 Å². The summed E-state index contributed by atoms with van der Waals surface area (Å²) in [6, 6.07) is -0.344. The Hall–Kier alpha value is -1.84. The third kappa shape index (κ3) is 1.83. The molecule has 2 rings (SSSR count). The van der Waals surface area contributed by atoms with Gasteiger partial charge in [0.15, 0.2) is 0 Å². The fraction of sp³-hybridized carbons (Fsp3) is 0.273. The molecule has 15 heavy (non-hydrogen) atoms. The normalized spacial score (nSPS) is 21.0. The highest BCUT2D eigenvalue weighted by atomic mass is 16.2. The molecule has 0 radical (unpaired) electrons. The summed E-state index contributed by atoms with van der Waals surface area (Å²) in [5.74, 6) is -0.205. The minimum absolute atomic E-state index is 0.0900. The Morgan fingerprint density at radius 1 is 1.33 bits per heavy atom. The van der Waals surface area contributed by atoms with Gasteiger partial charge in [-0.05, 0) is 25.5 Å². The number of hydrogen-bond acceptors (Lipinski definition) is 2. The van der Waals surface area contributed by atoms with E-state index in [1.807, 2.05) is 19.1 Å². The van der Waals surface area contributed by atoms with Crippen molar-refractivity contribution in [2.45, 2.75) is 13.3 Å². The molecule has 1 heterocycles. The standard InChI is InChI=1S/C11H12N2O2/c1-8-3-2-4-9(6-5-8)13-10(14)7-12-11(13)15/h2,4-6H,3,7H2,1H3,(H,12,15). The molecule has 0 spiro atoms. The van der Waals surface area contributed by atoms with Crippen LogP contribution in [-0.4, -0.2) is 23.4 Å². The highest BCUT2D eigenvalue weighted by Crippen LogP contribution is 2.16. The van der Waals surface area contributed by atoms with Crippen molar-refractivity contribution in [3.63, 3.8) is 0 Å². The lowest BCUT2D eigenvalue weighted by Gasteiger charge is -2.12. The summed E-state index contributed by atoms with van der Waals surface area (Å²) in [5, 5.41) is 2.49. The second kappa shape index (κ2) is 3.73. The molecule has 0 atom stereocenters. The van der Waals surface area contributed by atoms with E-state index in [0.29, 0.717) is 5.70 Å². The van der Waals surface area contributed by atoms with E-state index in [-0.39, 0.29) is 18.5 Å². The number of carbonyl (C=O) groups is 2. The second-order valence-corrected chi connectivity index (χ2v) is 3.60. The topological polar surface area (TPSA) is 49.4 Å². The molecule has 0 bridgehead atoms. The minimum Gasteiger partial charge on any atom is -0.328 e. The van der Waals surface area contributed by atoms with Crippen molar-refractivity contribution >= 4 is 11.9 Å². The van der Waals surface area contributed by atoms with Gasteiger partial charge in [-0.2, -0.15) is 0 Å². The van der Waals surface area contributed by atoms with Crippen LogP contribution in [0.15, 0.2) is 35.6 Å². The van der Waals surface area contributed by atoms with Crippen LogP contribution in [0.4, 0.5) is 4.79 Å². The maximum absolute atomic E-state index is 11.4. The smallest absolute Gasteiger partial charge is 0.328 e. The van der Waals surface area contributed by atoms with E-state index in [9.17, 15) is 9.59 Å². The summed E-state index contributed by atoms with van der Waals surface area (Å²) in [5.41, 5.74) is 1.83. The summed E-state index contributed by atoms with van der Waals surface area (Å²) < 4.78 is 0. The van der Waals surface area contributed by atoms with Crippen LogP contribution in [0.25, 0.3) is 0 Å². The van der Waals surface area contributed by atoms with Gasteiger partial charge in [0, 0.05) is 0 Å². The van der Waals surface area contributed by atoms with E-state index in [2.05, 4.69) is 5.32 Å². The van der Waals surface area contributed by atoms with Gasteiger partial charge in [0.1, 0.15) is 0 Å². The Labute approximate surface area is 87.9 Å². The van der Waals surface area contributed by atoms with Crippen LogP contribution in [0.5, 0.6) is 0 Å². The molecule has 1 fully saturated rings. The Balaban J connectivity index is 2.30. The molecule has 0 aromatic rings. The van der Waals surface area contributed by atoms with Gasteiger partial charge in [-0.25, -0.2) is 9.69 Å². The second-order valence-electron chi connectivity index (χ2n) is 3.60. The van der Waals surface area contributed by atoms with E-state index in [1.165, 1.54) is 10.5 Å². The Bertz CT molecular complexity index is 389. The number of rotatable bonds is 1. The maximum atomic E-state index is 11.4. The highest BCUT2D eigenvalue weighted by Gasteiger charge is 2.30. The lowest BCUT2D eigenvalue weighted by Crippen LogP contribution is -2.29. The van der Waals surface area contributed by atoms with E-state index >= 15 is 0 Å². The van der Waals surface area contributed by atoms with Crippen LogP contribution >= 0.6 is 0 Å². The first-order valence-electron chi connectivity index (χ1n) is 4.83. The lowest BCUT2D eigenvalue weighted by atomic mass is 10.2. The van der Waals surface area contributed by atoms with Gasteiger partial charge >= 0.3 is 6.03 Å². The number of imide groups is 1. The molecule has 0 aromatic heterocycles. The van der Waals surface area contributed by atoms with Crippen LogP contribution < -0.4 is 5.32 Å². The van der Waals surface area contributed by atoms with Crippen molar-refractivity contribution in [1.29, 1.82) is 0 Å². The first-order valence-corrected chi connectivity index (χ1v) is 4.83. The van der Waals surface area contributed by atoms with Crippen molar-refractivity contribution < 1.29 is 9.59 Å². The van der Waals surface area contributed by atoms with Crippen LogP contribution in [0.1, 0.15) is 13.3 Å². The van der Waals surface area contributed by atoms with Gasteiger partial charge in [-0.15, -0.1) is 0 Å². The Morgan fingerprint density at radius 3 is 2.80 bits per heavy atom. The molecule has 0 unspecified atom stereocenters. The summed E-state index contributed by atoms with van der Waals surface area (Å²) in [7, 11) is 0. The van der Waals surface area contributed by atoms with Crippen molar-refractivity contribution in [2.75, 3.05) is 6.54 Å². The van der Waals surface area contributed by atoms with E-state index in [4.69, 9.17) is 0 Å². The molecular formula is C11H12N2O2. The average Bonchev–Trinajstić information content (AvgIpc) is 2.41. The monoisotopic (exact) mass is 204 g/mol. The molecule has 1 saturated heterocycles. The largest absolute Gasteiger partial charge is 0.329 e. The fourth-order valence-corrected chi connectivity index (χ4v) is 1.55. The maximum Gasteiger partial charge on any atom is 0.329 e. The molecule has 0 saturated carbocycles. The molecular weight excluding hydrogens is 192 g/mol. The summed E-state index contributed by atoms with van der Waals surface area (Å²) >= 11 is 0. The van der Waals surface area contributed by atoms with Crippen LogP contribution in [0, 0.1) is 0 Å². The number of urea groups is 1. The van der Waals surface area contributed by atoms with Gasteiger partial charge in [0.05, 0.1) is 12.2 Å². The zero-order valence-electron chi connectivity index (χ0n) is 8.49. The minimum atomic E-state index is -0.344. The number of allylic oxidation sites excluding steroid dienone is 5. The van der Waals surface area contributed by atoms with Crippen molar-refractivity contribution in [1.82, 2.24) is 10.2 Å². The zero-order chi connectivity index (χ0) is 10.8. The quantitative estimate of drug-likeness (QED) is 0.655. The van der Waals surface area contributed by atoms with E-state index < -0.39 is 0 Å². The van der Waals surface area contributed by atoms with Crippen LogP contribution in [0.3, 0.4) is 0 Å². The highest BCUT2D eigenvalue weighted by molar-refractivity contribution is 6.04. The molecule has 1 aliphatic carbocycles. The SMILES string of the molecule is CC1=CC=C(N2C(=O)CNC2=O)C=CC1. The molecule has 1 N–H and O–H groups in total. The molecule has 2 aliphatic rings. The predicted octanol–water partition coefficient (Wildman–Crippen LogP) is 1.33. The van der Waals surface area contributed by atoms with E-state index in [0.717, 1.165) is 6.42 Å². The molecule has 4 nitrogen and oxygen atoms in total. The zero-order valence-corrected chi connectivity index (χ0v) is 8.49. The molecule has 78 valence electrons. The average molecular weight is 204 g/mol. The number of carbonyl (C=O) groups excluding carboxylic acids is 2. The third-order valence-corrected chi connectivity index (χ3v) is 2.37. The summed E-state index contributed by atoms with van der Waals surface area (Å²) in [4.78, 5) is 24.0. The van der Waals surface area contributed by atoms with Crippen LogP contribution in [-0.2, 0) is 4.79 Å². The van der Waals surface area contributed by atoms with Crippen molar-refractivity contribution in [3.05, 3.63) is 35.6 Å².